The van der Waals surface area contributed by atoms with Crippen molar-refractivity contribution < 1.29 is 14.3 Å². The molecule has 0 bridgehead atoms. The van der Waals surface area contributed by atoms with Crippen LogP contribution in [-0.2, 0) is 11.3 Å². The van der Waals surface area contributed by atoms with E-state index in [4.69, 9.17) is 9.47 Å². The first-order chi connectivity index (χ1) is 11.3. The van der Waals surface area contributed by atoms with E-state index in [1.54, 1.807) is 0 Å². The lowest BCUT2D eigenvalue weighted by molar-refractivity contribution is -0.132. The van der Waals surface area contributed by atoms with E-state index >= 15 is 0 Å². The lowest BCUT2D eigenvalue weighted by atomic mass is 10.2. The van der Waals surface area contributed by atoms with Crippen LogP contribution in [0.25, 0.3) is 0 Å². The van der Waals surface area contributed by atoms with Gasteiger partial charge in [0.15, 0.2) is 11.5 Å². The minimum absolute atomic E-state index is 0.249. The fourth-order valence-corrected chi connectivity index (χ4v) is 2.95. The van der Waals surface area contributed by atoms with Crippen molar-refractivity contribution in [1.82, 2.24) is 15.1 Å². The normalized spacial score (nSPS) is 17.5. The van der Waals surface area contributed by atoms with Gasteiger partial charge in [0.2, 0.25) is 12.7 Å². The molecule has 23 heavy (non-hydrogen) atoms. The number of likely N-dealkylation sites (N-methyl/N-ethyl adjacent to an activating group) is 1. The number of nitrogens with one attached hydrogen (secondary N) is 1. The average Bonchev–Trinajstić information content (AvgIpc) is 3.06. The van der Waals surface area contributed by atoms with Crippen molar-refractivity contribution in [3.8, 4) is 11.5 Å². The van der Waals surface area contributed by atoms with E-state index in [9.17, 15) is 4.79 Å². The summed E-state index contributed by atoms with van der Waals surface area (Å²) in [5.41, 5.74) is 1.14. The third kappa shape index (κ3) is 4.14. The third-order valence-corrected chi connectivity index (χ3v) is 4.45. The Kier molecular flexibility index (Phi) is 5.35. The summed E-state index contributed by atoms with van der Waals surface area (Å²) >= 11 is 0. The molecule has 2 aliphatic rings. The van der Waals surface area contributed by atoms with E-state index in [0.717, 1.165) is 56.3 Å². The molecule has 0 aliphatic carbocycles. The van der Waals surface area contributed by atoms with Crippen LogP contribution in [0.4, 0.5) is 0 Å². The number of piperazine rings is 1. The summed E-state index contributed by atoms with van der Waals surface area (Å²) in [6.45, 7) is 8.65. The Labute approximate surface area is 137 Å². The minimum atomic E-state index is 0.249. The van der Waals surface area contributed by atoms with Crippen LogP contribution in [-0.4, -0.2) is 61.8 Å². The number of hydrogen-bond acceptors (Lipinski definition) is 5. The van der Waals surface area contributed by atoms with Crippen LogP contribution in [0.5, 0.6) is 11.5 Å². The minimum Gasteiger partial charge on any atom is -0.454 e. The molecular formula is C17H25N3O3. The average molecular weight is 319 g/mol. The Hall–Kier alpha value is -1.79. The maximum absolute atomic E-state index is 12.2. The monoisotopic (exact) mass is 319 g/mol. The van der Waals surface area contributed by atoms with Crippen molar-refractivity contribution >= 4 is 5.91 Å². The summed E-state index contributed by atoms with van der Waals surface area (Å²) in [4.78, 5) is 16.5. The molecule has 0 aromatic heterocycles. The van der Waals surface area contributed by atoms with Crippen LogP contribution in [0, 0.1) is 0 Å². The Morgan fingerprint density at radius 3 is 2.74 bits per heavy atom. The highest BCUT2D eigenvalue weighted by atomic mass is 16.7. The molecule has 0 spiro atoms. The maximum atomic E-state index is 12.2. The fourth-order valence-electron chi connectivity index (χ4n) is 2.95. The Morgan fingerprint density at radius 2 is 1.96 bits per heavy atom. The molecule has 0 radical (unpaired) electrons. The summed E-state index contributed by atoms with van der Waals surface area (Å²) in [6, 6.07) is 5.94. The zero-order chi connectivity index (χ0) is 16.1. The van der Waals surface area contributed by atoms with Gasteiger partial charge >= 0.3 is 0 Å². The molecule has 6 nitrogen and oxygen atoms in total. The largest absolute Gasteiger partial charge is 0.454 e. The van der Waals surface area contributed by atoms with E-state index in [0.29, 0.717) is 19.8 Å². The number of ether oxygens (including phenoxy) is 2. The molecule has 1 fully saturated rings. The molecule has 0 atom stereocenters. The van der Waals surface area contributed by atoms with Gasteiger partial charge in [-0.2, -0.15) is 0 Å². The highest BCUT2D eigenvalue weighted by Crippen LogP contribution is 2.32. The molecule has 1 N–H and O–H groups in total. The number of carbonyl (C=O) groups excluding carboxylic acids is 1. The molecule has 2 heterocycles. The summed E-state index contributed by atoms with van der Waals surface area (Å²) in [5, 5.41) is 3.33. The Morgan fingerprint density at radius 1 is 1.17 bits per heavy atom. The molecule has 1 amide bonds. The Bertz CT molecular complexity index is 542. The Balaban J connectivity index is 1.36. The number of hydrogen-bond donors (Lipinski definition) is 1. The van der Waals surface area contributed by atoms with Crippen LogP contribution in [0.1, 0.15) is 18.9 Å². The van der Waals surface area contributed by atoms with Crippen molar-refractivity contribution in [3.63, 3.8) is 0 Å². The first-order valence-electron chi connectivity index (χ1n) is 8.35. The predicted octanol–water partition coefficient (Wildman–Crippen LogP) is 1.06. The molecule has 0 saturated carbocycles. The van der Waals surface area contributed by atoms with E-state index in [1.165, 1.54) is 0 Å². The SMILES string of the molecule is CCN1CCN(C(=O)CCNCc2ccc3c(c2)OCO3)CC1. The van der Waals surface area contributed by atoms with Crippen LogP contribution in [0.15, 0.2) is 18.2 Å². The van der Waals surface area contributed by atoms with Gasteiger partial charge in [-0.25, -0.2) is 0 Å². The van der Waals surface area contributed by atoms with Gasteiger partial charge in [-0.15, -0.1) is 0 Å². The number of fused-ring (bicyclic) bond motifs is 1. The lowest BCUT2D eigenvalue weighted by Crippen LogP contribution is -2.48. The van der Waals surface area contributed by atoms with Gasteiger partial charge in [0, 0.05) is 45.7 Å². The van der Waals surface area contributed by atoms with E-state index in [2.05, 4.69) is 17.1 Å². The summed E-state index contributed by atoms with van der Waals surface area (Å²) in [7, 11) is 0. The van der Waals surface area contributed by atoms with Gasteiger partial charge in [0.25, 0.3) is 0 Å². The van der Waals surface area contributed by atoms with Gasteiger partial charge in [0.1, 0.15) is 0 Å². The second-order valence-corrected chi connectivity index (χ2v) is 5.93. The van der Waals surface area contributed by atoms with E-state index in [1.807, 2.05) is 23.1 Å². The van der Waals surface area contributed by atoms with Crippen LogP contribution in [0.3, 0.4) is 0 Å². The van der Waals surface area contributed by atoms with Crippen molar-refractivity contribution in [2.75, 3.05) is 46.1 Å². The molecule has 1 saturated heterocycles. The number of carbonyl (C=O) groups is 1. The number of amides is 1. The zero-order valence-electron chi connectivity index (χ0n) is 13.7. The van der Waals surface area contributed by atoms with Gasteiger partial charge in [0.05, 0.1) is 0 Å². The third-order valence-electron chi connectivity index (χ3n) is 4.45. The second kappa shape index (κ2) is 7.66. The van der Waals surface area contributed by atoms with E-state index in [-0.39, 0.29) is 5.91 Å². The quantitative estimate of drug-likeness (QED) is 0.795. The van der Waals surface area contributed by atoms with Gasteiger partial charge in [-0.05, 0) is 24.2 Å². The molecule has 6 heteroatoms. The molecule has 1 aromatic carbocycles. The van der Waals surface area contributed by atoms with Crippen LogP contribution in [0.2, 0.25) is 0 Å². The van der Waals surface area contributed by atoms with Crippen molar-refractivity contribution in [1.29, 1.82) is 0 Å². The topological polar surface area (TPSA) is 54.0 Å². The van der Waals surface area contributed by atoms with Crippen molar-refractivity contribution in [2.24, 2.45) is 0 Å². The van der Waals surface area contributed by atoms with Crippen molar-refractivity contribution in [3.05, 3.63) is 23.8 Å². The molecule has 0 unspecified atom stereocenters. The smallest absolute Gasteiger partial charge is 0.231 e. The number of nitrogens with zero attached hydrogens (tertiary/aromatic N) is 2. The highest BCUT2D eigenvalue weighted by Gasteiger charge is 2.19. The van der Waals surface area contributed by atoms with Crippen LogP contribution >= 0.6 is 0 Å². The summed E-state index contributed by atoms with van der Waals surface area (Å²) in [5.74, 6) is 1.85. The fraction of sp³-hybridized carbons (Fsp3) is 0.588. The predicted molar refractivity (Wildman–Crippen MR) is 87.6 cm³/mol. The summed E-state index contributed by atoms with van der Waals surface area (Å²) < 4.78 is 10.7. The second-order valence-electron chi connectivity index (χ2n) is 5.93. The maximum Gasteiger partial charge on any atom is 0.231 e. The number of rotatable bonds is 6. The first-order valence-corrected chi connectivity index (χ1v) is 8.35. The zero-order valence-corrected chi connectivity index (χ0v) is 13.7. The van der Waals surface area contributed by atoms with Gasteiger partial charge < -0.3 is 24.6 Å². The lowest BCUT2D eigenvalue weighted by Gasteiger charge is -2.34. The summed E-state index contributed by atoms with van der Waals surface area (Å²) in [6.07, 6.45) is 0.552. The molecule has 1 aromatic rings. The standard InChI is InChI=1S/C17H25N3O3/c1-2-19-7-9-20(10-8-19)17(21)5-6-18-12-14-3-4-15-16(11-14)23-13-22-15/h3-4,11,18H,2,5-10,12-13H2,1H3. The molecule has 3 rings (SSSR count). The molecular weight excluding hydrogens is 294 g/mol. The first kappa shape index (κ1) is 16.1. The van der Waals surface area contributed by atoms with Crippen molar-refractivity contribution in [2.45, 2.75) is 19.9 Å². The van der Waals surface area contributed by atoms with Gasteiger partial charge in [-0.3, -0.25) is 4.79 Å². The van der Waals surface area contributed by atoms with Crippen LogP contribution < -0.4 is 14.8 Å². The highest BCUT2D eigenvalue weighted by molar-refractivity contribution is 5.76. The molecule has 2 aliphatic heterocycles. The van der Waals surface area contributed by atoms with Gasteiger partial charge in [-0.1, -0.05) is 13.0 Å². The number of benzene rings is 1. The van der Waals surface area contributed by atoms with E-state index < -0.39 is 0 Å². The molecule has 126 valence electrons.